The van der Waals surface area contributed by atoms with Crippen molar-refractivity contribution in [3.8, 4) is 0 Å². The van der Waals surface area contributed by atoms with Crippen LogP contribution >= 0.6 is 12.6 Å². The Bertz CT molecular complexity index is 517. The zero-order valence-corrected chi connectivity index (χ0v) is 13.6. The molecule has 5 nitrogen and oxygen atoms in total. The summed E-state index contributed by atoms with van der Waals surface area (Å²) in [4.78, 5) is 14.0. The van der Waals surface area contributed by atoms with Crippen molar-refractivity contribution in [2.45, 2.75) is 57.9 Å². The highest BCUT2D eigenvalue weighted by Crippen LogP contribution is 2.36. The Morgan fingerprint density at radius 2 is 2.15 bits per heavy atom. The summed E-state index contributed by atoms with van der Waals surface area (Å²) in [6.07, 6.45) is -0.303. The molecule has 1 aromatic rings. The average Bonchev–Trinajstić information content (AvgIpc) is 2.69. The third kappa shape index (κ3) is 2.95. The third-order valence-corrected chi connectivity index (χ3v) is 3.52. The van der Waals surface area contributed by atoms with E-state index in [9.17, 15) is 4.79 Å². The van der Waals surface area contributed by atoms with Crippen molar-refractivity contribution in [2.75, 3.05) is 6.54 Å². The number of carbonyl (C=O) groups excluding carboxylic acids is 1. The first kappa shape index (κ1) is 15.2. The Kier molecular flexibility index (Phi) is 3.79. The standard InChI is InChI=1S/C14H22N2O3S/c1-13(2,3)18-12(17)16-6-9-10(7-20)15-19-11(9)14(4,5)8-16/h20H,6-8H2,1-5H3. The molecule has 0 aromatic carbocycles. The summed E-state index contributed by atoms with van der Waals surface area (Å²) >= 11 is 4.26. The number of amides is 1. The van der Waals surface area contributed by atoms with Gasteiger partial charge in [0.2, 0.25) is 0 Å². The zero-order chi connectivity index (χ0) is 15.1. The molecule has 0 saturated carbocycles. The first-order chi connectivity index (χ1) is 9.14. The second kappa shape index (κ2) is 4.98. The Morgan fingerprint density at radius 1 is 1.50 bits per heavy atom. The Hall–Kier alpha value is -1.17. The van der Waals surface area contributed by atoms with Crippen LogP contribution in [-0.4, -0.2) is 28.3 Å². The van der Waals surface area contributed by atoms with Gasteiger partial charge in [0, 0.05) is 23.3 Å². The van der Waals surface area contributed by atoms with E-state index in [-0.39, 0.29) is 11.5 Å². The van der Waals surface area contributed by atoms with E-state index in [1.807, 2.05) is 34.6 Å². The number of hydrogen-bond donors (Lipinski definition) is 1. The van der Waals surface area contributed by atoms with Crippen molar-refractivity contribution in [2.24, 2.45) is 0 Å². The lowest BCUT2D eigenvalue weighted by atomic mass is 9.83. The van der Waals surface area contributed by atoms with Crippen LogP contribution in [-0.2, 0) is 22.4 Å². The highest BCUT2D eigenvalue weighted by atomic mass is 32.1. The van der Waals surface area contributed by atoms with E-state index in [0.29, 0.717) is 18.8 Å². The van der Waals surface area contributed by atoms with Crippen LogP contribution in [0.5, 0.6) is 0 Å². The molecule has 0 atom stereocenters. The van der Waals surface area contributed by atoms with E-state index >= 15 is 0 Å². The van der Waals surface area contributed by atoms with Gasteiger partial charge in [-0.3, -0.25) is 0 Å². The van der Waals surface area contributed by atoms with Crippen LogP contribution in [0.15, 0.2) is 4.52 Å². The maximum Gasteiger partial charge on any atom is 0.410 e. The van der Waals surface area contributed by atoms with Gasteiger partial charge in [0.25, 0.3) is 0 Å². The van der Waals surface area contributed by atoms with Gasteiger partial charge in [-0.05, 0) is 20.8 Å². The summed E-state index contributed by atoms with van der Waals surface area (Å²) in [5.74, 6) is 1.35. The van der Waals surface area contributed by atoms with Crippen LogP contribution in [0, 0.1) is 0 Å². The van der Waals surface area contributed by atoms with E-state index in [4.69, 9.17) is 9.26 Å². The zero-order valence-electron chi connectivity index (χ0n) is 12.7. The molecule has 0 fully saturated rings. The summed E-state index contributed by atoms with van der Waals surface area (Å²) in [5, 5.41) is 4.05. The average molecular weight is 298 g/mol. The minimum atomic E-state index is -0.497. The molecule has 0 spiro atoms. The van der Waals surface area contributed by atoms with Gasteiger partial charge in [-0.15, -0.1) is 0 Å². The number of thiol groups is 1. The monoisotopic (exact) mass is 298 g/mol. The first-order valence-electron chi connectivity index (χ1n) is 6.71. The minimum absolute atomic E-state index is 0.279. The second-order valence-electron chi connectivity index (χ2n) is 6.82. The van der Waals surface area contributed by atoms with E-state index in [0.717, 1.165) is 17.0 Å². The number of fused-ring (bicyclic) bond motifs is 1. The lowest BCUT2D eigenvalue weighted by Gasteiger charge is -2.37. The van der Waals surface area contributed by atoms with Gasteiger partial charge < -0.3 is 14.2 Å². The lowest BCUT2D eigenvalue weighted by Crippen LogP contribution is -2.46. The van der Waals surface area contributed by atoms with Gasteiger partial charge in [-0.2, -0.15) is 12.6 Å². The van der Waals surface area contributed by atoms with Gasteiger partial charge >= 0.3 is 6.09 Å². The quantitative estimate of drug-likeness (QED) is 0.809. The summed E-state index contributed by atoms with van der Waals surface area (Å²) in [6.45, 7) is 10.7. The molecule has 1 aromatic heterocycles. The van der Waals surface area contributed by atoms with Gasteiger partial charge in [-0.25, -0.2) is 4.79 Å². The fraction of sp³-hybridized carbons (Fsp3) is 0.714. The molecule has 0 N–H and O–H groups in total. The fourth-order valence-electron chi connectivity index (χ4n) is 2.41. The lowest BCUT2D eigenvalue weighted by molar-refractivity contribution is 0.0158. The first-order valence-corrected chi connectivity index (χ1v) is 7.34. The molecule has 1 aliphatic rings. The van der Waals surface area contributed by atoms with Crippen LogP contribution in [0.4, 0.5) is 4.79 Å². The molecule has 112 valence electrons. The summed E-state index contributed by atoms with van der Waals surface area (Å²) in [7, 11) is 0. The van der Waals surface area contributed by atoms with E-state index in [1.165, 1.54) is 0 Å². The SMILES string of the molecule is CC(C)(C)OC(=O)N1Cc2c(CS)noc2C(C)(C)C1. The predicted octanol–water partition coefficient (Wildman–Crippen LogP) is 3.13. The van der Waals surface area contributed by atoms with Gasteiger partial charge in [0.1, 0.15) is 11.4 Å². The molecule has 0 radical (unpaired) electrons. The topological polar surface area (TPSA) is 55.6 Å². The maximum atomic E-state index is 12.3. The fourth-order valence-corrected chi connectivity index (χ4v) is 2.66. The Balaban J connectivity index is 2.27. The molecule has 1 aliphatic heterocycles. The molecule has 1 amide bonds. The number of hydrogen-bond acceptors (Lipinski definition) is 5. The number of carbonyl (C=O) groups is 1. The van der Waals surface area contributed by atoms with Crippen molar-refractivity contribution >= 4 is 18.7 Å². The molecular formula is C14H22N2O3S. The largest absolute Gasteiger partial charge is 0.444 e. The molecule has 6 heteroatoms. The highest BCUT2D eigenvalue weighted by Gasteiger charge is 2.40. The second-order valence-corrected chi connectivity index (χ2v) is 7.13. The smallest absolute Gasteiger partial charge is 0.410 e. The van der Waals surface area contributed by atoms with Crippen LogP contribution in [0.25, 0.3) is 0 Å². The normalized spacial score (nSPS) is 17.8. The predicted molar refractivity (Wildman–Crippen MR) is 78.9 cm³/mol. The maximum absolute atomic E-state index is 12.3. The summed E-state index contributed by atoms with van der Waals surface area (Å²) in [6, 6.07) is 0. The third-order valence-electron chi connectivity index (χ3n) is 3.22. The number of nitrogens with zero attached hydrogens (tertiary/aromatic N) is 2. The highest BCUT2D eigenvalue weighted by molar-refractivity contribution is 7.79. The molecule has 0 unspecified atom stereocenters. The van der Waals surface area contributed by atoms with Crippen LogP contribution in [0.1, 0.15) is 51.6 Å². The van der Waals surface area contributed by atoms with Gasteiger partial charge in [0.05, 0.1) is 12.2 Å². The van der Waals surface area contributed by atoms with Crippen molar-refractivity contribution in [3.05, 3.63) is 17.0 Å². The van der Waals surface area contributed by atoms with Gasteiger partial charge in [-0.1, -0.05) is 19.0 Å². The van der Waals surface area contributed by atoms with Crippen molar-refractivity contribution in [1.82, 2.24) is 10.1 Å². The van der Waals surface area contributed by atoms with Crippen molar-refractivity contribution in [3.63, 3.8) is 0 Å². The van der Waals surface area contributed by atoms with E-state index in [1.54, 1.807) is 4.90 Å². The van der Waals surface area contributed by atoms with Crippen molar-refractivity contribution < 1.29 is 14.1 Å². The number of aromatic nitrogens is 1. The molecule has 0 saturated heterocycles. The molecule has 0 aliphatic carbocycles. The van der Waals surface area contributed by atoms with Crippen molar-refractivity contribution in [1.29, 1.82) is 0 Å². The molecule has 20 heavy (non-hydrogen) atoms. The van der Waals surface area contributed by atoms with E-state index < -0.39 is 5.60 Å². The number of ether oxygens (including phenoxy) is 1. The minimum Gasteiger partial charge on any atom is -0.444 e. The molecule has 2 rings (SSSR count). The van der Waals surface area contributed by atoms with Crippen LogP contribution < -0.4 is 0 Å². The van der Waals surface area contributed by atoms with E-state index in [2.05, 4.69) is 17.8 Å². The van der Waals surface area contributed by atoms with Crippen LogP contribution in [0.3, 0.4) is 0 Å². The molecular weight excluding hydrogens is 276 g/mol. The summed E-state index contributed by atoms with van der Waals surface area (Å²) in [5.41, 5.74) is 0.980. The Labute approximate surface area is 125 Å². The molecule has 2 heterocycles. The van der Waals surface area contributed by atoms with Crippen LogP contribution in [0.2, 0.25) is 0 Å². The Morgan fingerprint density at radius 3 is 2.70 bits per heavy atom. The summed E-state index contributed by atoms with van der Waals surface area (Å²) < 4.78 is 10.9. The molecule has 0 bridgehead atoms. The van der Waals surface area contributed by atoms with Gasteiger partial charge in [0.15, 0.2) is 0 Å². The number of rotatable bonds is 1.